The van der Waals surface area contributed by atoms with Crippen LogP contribution in [0.2, 0.25) is 0 Å². The van der Waals surface area contributed by atoms with Crippen LogP contribution in [0.15, 0.2) is 23.1 Å². The fourth-order valence-corrected chi connectivity index (χ4v) is 2.38. The molecule has 0 radical (unpaired) electrons. The minimum atomic E-state index is 0.654. The highest BCUT2D eigenvalue weighted by Crippen LogP contribution is 2.31. The number of aromatic nitrogens is 4. The molecule has 0 atom stereocenters. The van der Waals surface area contributed by atoms with E-state index in [1.165, 1.54) is 0 Å². The Morgan fingerprint density at radius 3 is 2.83 bits per heavy atom. The molecule has 1 N–H and O–H groups in total. The van der Waals surface area contributed by atoms with Crippen molar-refractivity contribution in [2.45, 2.75) is 11.3 Å². The van der Waals surface area contributed by atoms with Crippen molar-refractivity contribution in [1.29, 1.82) is 0 Å². The molecule has 0 saturated heterocycles. The van der Waals surface area contributed by atoms with Gasteiger partial charge in [0, 0.05) is 6.42 Å². The first kappa shape index (κ1) is 12.8. The molecule has 1 aromatic carbocycles. The number of benzene rings is 1. The van der Waals surface area contributed by atoms with Crippen LogP contribution in [-0.2, 0) is 6.42 Å². The summed E-state index contributed by atoms with van der Waals surface area (Å²) in [6.07, 6.45) is 0.654. The molecule has 0 amide bonds. The molecule has 96 valence electrons. The van der Waals surface area contributed by atoms with Crippen LogP contribution >= 0.6 is 11.9 Å². The van der Waals surface area contributed by atoms with Crippen molar-refractivity contribution in [1.82, 2.24) is 24.9 Å². The first-order valence-electron chi connectivity index (χ1n) is 5.43. The Balaban J connectivity index is 2.21. The third-order valence-corrected chi connectivity index (χ3v) is 3.14. The lowest BCUT2D eigenvalue weighted by molar-refractivity contribution is 0.404. The predicted octanol–water partition coefficient (Wildman–Crippen LogP) is 1.37. The molecule has 0 bridgehead atoms. The number of nitrogens with one attached hydrogen (secondary N) is 1. The first-order chi connectivity index (χ1) is 8.69. The van der Waals surface area contributed by atoms with Gasteiger partial charge >= 0.3 is 0 Å². The molecule has 0 spiro atoms. The number of H-pyrrole nitrogens is 1. The summed E-state index contributed by atoms with van der Waals surface area (Å²) in [4.78, 5) is 1.07. The normalized spacial score (nSPS) is 10.9. The topological polar surface area (TPSA) is 66.9 Å². The SMILES string of the molecule is COc1ccc(Cc2nn[nH]n2)cc1SN(C)C. The van der Waals surface area contributed by atoms with Gasteiger partial charge in [-0.3, -0.25) is 4.31 Å². The number of ether oxygens (including phenoxy) is 1. The van der Waals surface area contributed by atoms with E-state index in [9.17, 15) is 0 Å². The van der Waals surface area contributed by atoms with E-state index in [0.29, 0.717) is 12.2 Å². The van der Waals surface area contributed by atoms with Crippen LogP contribution in [0.4, 0.5) is 0 Å². The molecule has 0 fully saturated rings. The van der Waals surface area contributed by atoms with Gasteiger partial charge in [-0.25, -0.2) is 0 Å². The van der Waals surface area contributed by atoms with E-state index in [-0.39, 0.29) is 0 Å². The van der Waals surface area contributed by atoms with Gasteiger partial charge in [-0.15, -0.1) is 10.2 Å². The highest BCUT2D eigenvalue weighted by molar-refractivity contribution is 7.97. The number of rotatable bonds is 5. The summed E-state index contributed by atoms with van der Waals surface area (Å²) in [6, 6.07) is 6.05. The van der Waals surface area contributed by atoms with Crippen molar-refractivity contribution in [3.8, 4) is 5.75 Å². The molecule has 0 saturated carbocycles. The first-order valence-corrected chi connectivity index (χ1v) is 6.21. The van der Waals surface area contributed by atoms with Gasteiger partial charge in [-0.1, -0.05) is 11.3 Å². The summed E-state index contributed by atoms with van der Waals surface area (Å²) in [5.41, 5.74) is 1.13. The maximum atomic E-state index is 5.34. The second-order valence-corrected chi connectivity index (χ2v) is 5.25. The predicted molar refractivity (Wildman–Crippen MR) is 69.5 cm³/mol. The zero-order valence-electron chi connectivity index (χ0n) is 10.5. The van der Waals surface area contributed by atoms with E-state index >= 15 is 0 Å². The Kier molecular flexibility index (Phi) is 4.16. The van der Waals surface area contributed by atoms with Crippen LogP contribution in [0.1, 0.15) is 11.4 Å². The molecule has 2 aromatic rings. The average Bonchev–Trinajstić information content (AvgIpc) is 2.81. The van der Waals surface area contributed by atoms with Crippen LogP contribution in [0, 0.1) is 0 Å². The van der Waals surface area contributed by atoms with E-state index < -0.39 is 0 Å². The van der Waals surface area contributed by atoms with Crippen LogP contribution in [0.25, 0.3) is 0 Å². The summed E-state index contributed by atoms with van der Waals surface area (Å²) in [5.74, 6) is 1.55. The van der Waals surface area contributed by atoms with Gasteiger partial charge in [0.25, 0.3) is 0 Å². The van der Waals surface area contributed by atoms with E-state index in [2.05, 4.69) is 26.7 Å². The van der Waals surface area contributed by atoms with Crippen LogP contribution in [-0.4, -0.2) is 46.1 Å². The van der Waals surface area contributed by atoms with Crippen molar-refractivity contribution in [3.63, 3.8) is 0 Å². The summed E-state index contributed by atoms with van der Waals surface area (Å²) in [7, 11) is 5.67. The Morgan fingerprint density at radius 2 is 2.22 bits per heavy atom. The highest BCUT2D eigenvalue weighted by Gasteiger charge is 2.08. The van der Waals surface area contributed by atoms with Gasteiger partial charge in [0.05, 0.1) is 12.0 Å². The molecular weight excluding hydrogens is 250 g/mol. The zero-order valence-corrected chi connectivity index (χ0v) is 11.4. The van der Waals surface area contributed by atoms with Crippen molar-refractivity contribution in [2.75, 3.05) is 21.2 Å². The molecule has 0 aliphatic rings. The molecule has 7 heteroatoms. The largest absolute Gasteiger partial charge is 0.496 e. The van der Waals surface area contributed by atoms with Crippen molar-refractivity contribution in [3.05, 3.63) is 29.6 Å². The van der Waals surface area contributed by atoms with Gasteiger partial charge in [-0.2, -0.15) is 5.21 Å². The summed E-state index contributed by atoms with van der Waals surface area (Å²) < 4.78 is 7.36. The number of hydrogen-bond acceptors (Lipinski definition) is 6. The summed E-state index contributed by atoms with van der Waals surface area (Å²) in [6.45, 7) is 0. The van der Waals surface area contributed by atoms with E-state index in [4.69, 9.17) is 4.74 Å². The molecule has 6 nitrogen and oxygen atoms in total. The van der Waals surface area contributed by atoms with E-state index in [0.717, 1.165) is 16.2 Å². The number of nitrogens with zero attached hydrogens (tertiary/aromatic N) is 4. The lowest BCUT2D eigenvalue weighted by Crippen LogP contribution is -2.01. The zero-order chi connectivity index (χ0) is 13.0. The molecule has 0 unspecified atom stereocenters. The monoisotopic (exact) mass is 265 g/mol. The maximum Gasteiger partial charge on any atom is 0.178 e. The van der Waals surface area contributed by atoms with Crippen LogP contribution in [0.3, 0.4) is 0 Å². The number of hydrogen-bond donors (Lipinski definition) is 1. The van der Waals surface area contributed by atoms with Crippen molar-refractivity contribution in [2.24, 2.45) is 0 Å². The second-order valence-electron chi connectivity index (χ2n) is 3.89. The van der Waals surface area contributed by atoms with Gasteiger partial charge in [-0.05, 0) is 43.7 Å². The minimum Gasteiger partial charge on any atom is -0.496 e. The quantitative estimate of drug-likeness (QED) is 0.824. The van der Waals surface area contributed by atoms with Crippen LogP contribution < -0.4 is 4.74 Å². The smallest absolute Gasteiger partial charge is 0.178 e. The Labute approximate surface area is 110 Å². The summed E-state index contributed by atoms with van der Waals surface area (Å²) >= 11 is 1.62. The van der Waals surface area contributed by atoms with Gasteiger partial charge in [0.15, 0.2) is 5.82 Å². The number of methoxy groups -OCH3 is 1. The number of tetrazole rings is 1. The molecule has 18 heavy (non-hydrogen) atoms. The second kappa shape index (κ2) is 5.83. The summed E-state index contributed by atoms with van der Waals surface area (Å²) in [5, 5.41) is 13.9. The fraction of sp³-hybridized carbons (Fsp3) is 0.364. The third kappa shape index (κ3) is 3.21. The van der Waals surface area contributed by atoms with Crippen molar-refractivity contribution >= 4 is 11.9 Å². The Bertz CT molecular complexity index is 500. The molecule has 2 rings (SSSR count). The fourth-order valence-electron chi connectivity index (χ4n) is 1.54. The lowest BCUT2D eigenvalue weighted by atomic mass is 10.1. The van der Waals surface area contributed by atoms with Gasteiger partial charge in [0.1, 0.15) is 5.75 Å². The third-order valence-electron chi connectivity index (χ3n) is 2.26. The van der Waals surface area contributed by atoms with Gasteiger partial charge in [0.2, 0.25) is 0 Å². The Hall–Kier alpha value is -1.60. The molecular formula is C11H15N5OS. The van der Waals surface area contributed by atoms with Crippen molar-refractivity contribution < 1.29 is 4.74 Å². The molecule has 0 aliphatic carbocycles. The van der Waals surface area contributed by atoms with Crippen LogP contribution in [0.5, 0.6) is 5.75 Å². The maximum absolute atomic E-state index is 5.34. The van der Waals surface area contributed by atoms with E-state index in [1.807, 2.05) is 30.5 Å². The molecule has 1 aromatic heterocycles. The lowest BCUT2D eigenvalue weighted by Gasteiger charge is -2.13. The molecule has 0 aliphatic heterocycles. The van der Waals surface area contributed by atoms with Gasteiger partial charge < -0.3 is 4.74 Å². The standard InChI is InChI=1S/C11H15N5OS/c1-16(2)18-10-6-8(4-5-9(10)17-3)7-11-12-14-15-13-11/h4-6H,7H2,1-3H3,(H,12,13,14,15). The average molecular weight is 265 g/mol. The molecule has 1 heterocycles. The number of aromatic amines is 1. The Morgan fingerprint density at radius 1 is 1.39 bits per heavy atom. The van der Waals surface area contributed by atoms with E-state index in [1.54, 1.807) is 19.1 Å². The minimum absolute atomic E-state index is 0.654. The highest BCUT2D eigenvalue weighted by atomic mass is 32.2.